The second-order valence-corrected chi connectivity index (χ2v) is 6.30. The van der Waals surface area contributed by atoms with Crippen LogP contribution >= 0.6 is 11.8 Å². The van der Waals surface area contributed by atoms with E-state index >= 15 is 0 Å². The molecule has 0 N–H and O–H groups in total. The minimum Gasteiger partial charge on any atom is -0.301 e. The van der Waals surface area contributed by atoms with Crippen LogP contribution < -0.4 is 0 Å². The van der Waals surface area contributed by atoms with Crippen LogP contribution in [-0.4, -0.2) is 28.0 Å². The number of fused-ring (bicyclic) bond motifs is 1. The lowest BCUT2D eigenvalue weighted by atomic mass is 9.89. The third-order valence-electron chi connectivity index (χ3n) is 3.86. The summed E-state index contributed by atoms with van der Waals surface area (Å²) in [7, 11) is 0. The fourth-order valence-corrected chi connectivity index (χ4v) is 3.96. The standard InChI is InChI=1S/C14H11F3N2O3S/c15-14(16,17)9-3-1-8(2-4-9)10-7-11(20)18-5-6-23-13(18)12(10)19(21)22/h1-4,10H,5-7H2. The Bertz CT molecular complexity index is 700. The third-order valence-corrected chi connectivity index (χ3v) is 4.95. The number of carbonyl (C=O) groups is 1. The molecule has 1 amide bonds. The number of nitrogens with zero attached hydrogens (tertiary/aromatic N) is 2. The third kappa shape index (κ3) is 2.80. The zero-order valence-corrected chi connectivity index (χ0v) is 12.5. The first-order valence-corrected chi connectivity index (χ1v) is 7.76. The summed E-state index contributed by atoms with van der Waals surface area (Å²) in [6.45, 7) is 0.426. The molecule has 0 radical (unpaired) electrons. The van der Waals surface area contributed by atoms with Gasteiger partial charge in [-0.1, -0.05) is 23.9 Å². The minimum absolute atomic E-state index is 0.105. The average molecular weight is 344 g/mol. The van der Waals surface area contributed by atoms with E-state index in [1.165, 1.54) is 28.8 Å². The van der Waals surface area contributed by atoms with Gasteiger partial charge in [0.05, 0.1) is 16.4 Å². The minimum atomic E-state index is -4.47. The topological polar surface area (TPSA) is 63.4 Å². The van der Waals surface area contributed by atoms with Gasteiger partial charge in [-0.2, -0.15) is 13.2 Å². The van der Waals surface area contributed by atoms with Gasteiger partial charge in [-0.05, 0) is 17.7 Å². The lowest BCUT2D eigenvalue weighted by molar-refractivity contribution is -0.432. The largest absolute Gasteiger partial charge is 0.416 e. The number of amides is 1. The first-order chi connectivity index (χ1) is 10.8. The van der Waals surface area contributed by atoms with Crippen LogP contribution in [0.5, 0.6) is 0 Å². The maximum absolute atomic E-state index is 12.6. The number of thioether (sulfide) groups is 1. The molecule has 0 aromatic heterocycles. The molecular formula is C14H11F3N2O3S. The van der Waals surface area contributed by atoms with E-state index in [2.05, 4.69) is 0 Å². The van der Waals surface area contributed by atoms with Crippen molar-refractivity contribution in [2.75, 3.05) is 12.3 Å². The maximum Gasteiger partial charge on any atom is 0.416 e. The summed E-state index contributed by atoms with van der Waals surface area (Å²) in [5.41, 5.74) is -0.583. The monoisotopic (exact) mass is 344 g/mol. The van der Waals surface area contributed by atoms with Crippen LogP contribution in [0, 0.1) is 10.1 Å². The highest BCUT2D eigenvalue weighted by molar-refractivity contribution is 8.03. The lowest BCUT2D eigenvalue weighted by Gasteiger charge is -2.27. The Morgan fingerprint density at radius 3 is 2.48 bits per heavy atom. The van der Waals surface area contributed by atoms with E-state index in [1.54, 1.807) is 0 Å². The fraction of sp³-hybridized carbons (Fsp3) is 0.357. The summed E-state index contributed by atoms with van der Waals surface area (Å²) in [6.07, 6.45) is -4.57. The van der Waals surface area contributed by atoms with E-state index in [0.717, 1.165) is 12.1 Å². The van der Waals surface area contributed by atoms with Gasteiger partial charge in [0.2, 0.25) is 5.91 Å². The molecule has 1 atom stereocenters. The van der Waals surface area contributed by atoms with Gasteiger partial charge in [0.15, 0.2) is 5.03 Å². The van der Waals surface area contributed by atoms with Crippen molar-refractivity contribution in [2.45, 2.75) is 18.5 Å². The molecule has 0 saturated carbocycles. The van der Waals surface area contributed by atoms with Crippen LogP contribution in [0.25, 0.3) is 0 Å². The quantitative estimate of drug-likeness (QED) is 0.610. The van der Waals surface area contributed by atoms with Crippen molar-refractivity contribution >= 4 is 17.7 Å². The molecule has 0 bridgehead atoms. The van der Waals surface area contributed by atoms with Crippen LogP contribution in [0.15, 0.2) is 35.0 Å². The Balaban J connectivity index is 2.02. The molecule has 1 aromatic carbocycles. The van der Waals surface area contributed by atoms with Crippen LogP contribution in [0.1, 0.15) is 23.5 Å². The van der Waals surface area contributed by atoms with E-state index in [9.17, 15) is 28.1 Å². The molecule has 9 heteroatoms. The number of allylic oxidation sites excluding steroid dienone is 1. The summed E-state index contributed by atoms with van der Waals surface area (Å²) < 4.78 is 37.9. The predicted octanol–water partition coefficient (Wildman–Crippen LogP) is 3.21. The number of carbonyl (C=O) groups excluding carboxylic acids is 1. The van der Waals surface area contributed by atoms with E-state index in [-0.39, 0.29) is 18.0 Å². The highest BCUT2D eigenvalue weighted by Gasteiger charge is 2.44. The number of rotatable bonds is 2. The summed E-state index contributed by atoms with van der Waals surface area (Å²) in [6, 6.07) is 4.19. The van der Waals surface area contributed by atoms with Crippen molar-refractivity contribution in [1.29, 1.82) is 0 Å². The van der Waals surface area contributed by atoms with Gasteiger partial charge >= 0.3 is 6.18 Å². The number of benzene rings is 1. The van der Waals surface area contributed by atoms with E-state index in [0.29, 0.717) is 22.9 Å². The van der Waals surface area contributed by atoms with Gasteiger partial charge in [0, 0.05) is 18.7 Å². The molecular weight excluding hydrogens is 333 g/mol. The number of hydrogen-bond donors (Lipinski definition) is 0. The zero-order valence-electron chi connectivity index (χ0n) is 11.7. The number of nitro groups is 1. The van der Waals surface area contributed by atoms with E-state index < -0.39 is 22.6 Å². The van der Waals surface area contributed by atoms with Crippen molar-refractivity contribution in [3.05, 3.63) is 56.2 Å². The maximum atomic E-state index is 12.6. The van der Waals surface area contributed by atoms with Gasteiger partial charge in [-0.15, -0.1) is 0 Å². The van der Waals surface area contributed by atoms with Gasteiger partial charge in [-0.3, -0.25) is 14.9 Å². The Kier molecular flexibility index (Phi) is 3.83. The highest BCUT2D eigenvalue weighted by Crippen LogP contribution is 2.43. The number of hydrogen-bond acceptors (Lipinski definition) is 4. The fourth-order valence-electron chi connectivity index (χ4n) is 2.78. The molecule has 1 aromatic rings. The molecule has 1 fully saturated rings. The van der Waals surface area contributed by atoms with Gasteiger partial charge < -0.3 is 4.90 Å². The smallest absolute Gasteiger partial charge is 0.301 e. The van der Waals surface area contributed by atoms with Gasteiger partial charge in [0.1, 0.15) is 0 Å². The lowest BCUT2D eigenvalue weighted by Crippen LogP contribution is -2.35. The van der Waals surface area contributed by atoms with Crippen molar-refractivity contribution in [2.24, 2.45) is 0 Å². The van der Waals surface area contributed by atoms with Crippen LogP contribution in [0.3, 0.4) is 0 Å². The molecule has 2 heterocycles. The normalized spacial score (nSPS) is 21.6. The zero-order chi connectivity index (χ0) is 16.8. The number of halogens is 3. The molecule has 2 aliphatic heterocycles. The average Bonchev–Trinajstić information content (AvgIpc) is 2.95. The predicted molar refractivity (Wildman–Crippen MR) is 77.0 cm³/mol. The van der Waals surface area contributed by atoms with E-state index in [4.69, 9.17) is 0 Å². The molecule has 3 rings (SSSR count). The van der Waals surface area contributed by atoms with E-state index in [1.807, 2.05) is 0 Å². The summed E-state index contributed by atoms with van der Waals surface area (Å²) in [5, 5.41) is 11.7. The SMILES string of the molecule is O=C1CC(c2ccc(C(F)(F)F)cc2)C([N+](=O)[O-])=C2SCCN12. The molecule has 1 unspecified atom stereocenters. The first kappa shape index (κ1) is 15.9. The molecule has 2 aliphatic rings. The Morgan fingerprint density at radius 1 is 1.26 bits per heavy atom. The van der Waals surface area contributed by atoms with Crippen molar-refractivity contribution in [3.8, 4) is 0 Å². The van der Waals surface area contributed by atoms with Crippen molar-refractivity contribution in [1.82, 2.24) is 4.90 Å². The highest BCUT2D eigenvalue weighted by atomic mass is 32.2. The molecule has 5 nitrogen and oxygen atoms in total. The first-order valence-electron chi connectivity index (χ1n) is 6.78. The van der Waals surface area contributed by atoms with Crippen LogP contribution in [-0.2, 0) is 11.0 Å². The Labute approximate surface area is 133 Å². The summed E-state index contributed by atoms with van der Waals surface area (Å²) >= 11 is 1.24. The van der Waals surface area contributed by atoms with Gasteiger partial charge in [-0.25, -0.2) is 0 Å². The molecule has 0 spiro atoms. The molecule has 1 saturated heterocycles. The summed E-state index contributed by atoms with van der Waals surface area (Å²) in [4.78, 5) is 24.4. The second-order valence-electron chi connectivity index (χ2n) is 5.22. The molecule has 23 heavy (non-hydrogen) atoms. The van der Waals surface area contributed by atoms with Gasteiger partial charge in [0.25, 0.3) is 5.70 Å². The number of alkyl halides is 3. The van der Waals surface area contributed by atoms with Crippen LogP contribution in [0.4, 0.5) is 13.2 Å². The van der Waals surface area contributed by atoms with Crippen LogP contribution in [0.2, 0.25) is 0 Å². The Morgan fingerprint density at radius 2 is 1.91 bits per heavy atom. The Hall–Kier alpha value is -2.03. The second kappa shape index (κ2) is 5.55. The summed E-state index contributed by atoms with van der Waals surface area (Å²) in [5.74, 6) is -0.477. The van der Waals surface area contributed by atoms with Crippen molar-refractivity contribution < 1.29 is 22.9 Å². The van der Waals surface area contributed by atoms with Crippen molar-refractivity contribution in [3.63, 3.8) is 0 Å². The molecule has 122 valence electrons. The molecule has 0 aliphatic carbocycles.